The van der Waals surface area contributed by atoms with Gasteiger partial charge in [-0.15, -0.1) is 0 Å². The van der Waals surface area contributed by atoms with Crippen molar-refractivity contribution in [3.8, 4) is 34.2 Å². The van der Waals surface area contributed by atoms with Crippen molar-refractivity contribution in [1.29, 1.82) is 0 Å². The molecule has 0 radical (unpaired) electrons. The first-order valence-electron chi connectivity index (χ1n) is 20.5. The van der Waals surface area contributed by atoms with Crippen LogP contribution in [0.3, 0.4) is 0 Å². The molecule has 0 spiro atoms. The molecule has 3 heterocycles. The first-order valence-corrected chi connectivity index (χ1v) is 20.5. The molecular formula is C55H40N4O. The Morgan fingerprint density at radius 2 is 0.900 bits per heavy atom. The van der Waals surface area contributed by atoms with Crippen molar-refractivity contribution < 1.29 is 4.42 Å². The Hall–Kier alpha value is -7.63. The van der Waals surface area contributed by atoms with Gasteiger partial charge in [-0.25, -0.2) is 15.0 Å². The van der Waals surface area contributed by atoms with E-state index in [1.54, 1.807) is 0 Å². The van der Waals surface area contributed by atoms with E-state index in [1.165, 1.54) is 22.3 Å². The topological polar surface area (TPSA) is 55.1 Å². The summed E-state index contributed by atoms with van der Waals surface area (Å²) in [7, 11) is 0. The zero-order valence-corrected chi connectivity index (χ0v) is 33.6. The number of benzene rings is 8. The van der Waals surface area contributed by atoms with Gasteiger partial charge in [-0.1, -0.05) is 158 Å². The lowest BCUT2D eigenvalue weighted by atomic mass is 9.61. The van der Waals surface area contributed by atoms with E-state index in [1.807, 2.05) is 66.7 Å². The van der Waals surface area contributed by atoms with Crippen LogP contribution in [-0.4, -0.2) is 15.0 Å². The average molecular weight is 773 g/mol. The van der Waals surface area contributed by atoms with Gasteiger partial charge in [0.1, 0.15) is 11.2 Å². The van der Waals surface area contributed by atoms with Gasteiger partial charge in [0, 0.05) is 38.7 Å². The minimum Gasteiger partial charge on any atom is -0.456 e. The van der Waals surface area contributed by atoms with Crippen molar-refractivity contribution in [2.45, 2.75) is 26.2 Å². The number of aromatic nitrogens is 3. The fourth-order valence-electron chi connectivity index (χ4n) is 9.63. The highest BCUT2D eigenvalue weighted by Crippen LogP contribution is 2.59. The first kappa shape index (κ1) is 35.5. The summed E-state index contributed by atoms with van der Waals surface area (Å²) in [6, 6.07) is 66.5. The van der Waals surface area contributed by atoms with Crippen molar-refractivity contribution in [2.24, 2.45) is 0 Å². The predicted molar refractivity (Wildman–Crippen MR) is 244 cm³/mol. The fraction of sp³-hybridized carbons (Fsp3) is 0.0727. The molecule has 0 unspecified atom stereocenters. The monoisotopic (exact) mass is 772 g/mol. The van der Waals surface area contributed by atoms with E-state index in [9.17, 15) is 0 Å². The van der Waals surface area contributed by atoms with Crippen molar-refractivity contribution in [1.82, 2.24) is 15.0 Å². The molecule has 1 aliphatic heterocycles. The number of para-hydroxylation sites is 4. The molecule has 2 aromatic heterocycles. The molecule has 5 heteroatoms. The minimum atomic E-state index is -0.709. The largest absolute Gasteiger partial charge is 0.456 e. The highest BCUT2D eigenvalue weighted by atomic mass is 16.3. The number of rotatable bonds is 6. The molecule has 0 amide bonds. The normalized spacial score (nSPS) is 13.0. The molecule has 0 saturated carbocycles. The third kappa shape index (κ3) is 5.43. The second-order valence-corrected chi connectivity index (χ2v) is 15.7. The van der Waals surface area contributed by atoms with Crippen LogP contribution in [0.2, 0.25) is 0 Å². The lowest BCUT2D eigenvalue weighted by Gasteiger charge is -2.47. The second kappa shape index (κ2) is 14.0. The number of fused-ring (bicyclic) bond motifs is 5. The molecule has 1 aliphatic rings. The van der Waals surface area contributed by atoms with Gasteiger partial charge < -0.3 is 9.32 Å². The van der Waals surface area contributed by atoms with E-state index in [-0.39, 0.29) is 0 Å². The van der Waals surface area contributed by atoms with Gasteiger partial charge in [-0.05, 0) is 84.5 Å². The third-order valence-electron chi connectivity index (χ3n) is 12.2. The molecule has 0 bridgehead atoms. The third-order valence-corrected chi connectivity index (χ3v) is 12.2. The molecule has 0 aliphatic carbocycles. The summed E-state index contributed by atoms with van der Waals surface area (Å²) < 4.78 is 6.89. The minimum absolute atomic E-state index is 0.647. The SMILES string of the molecule is Cc1ccccc1C1(c2cccc3c2oc2ccccc23)c2ccccc2N(c2cc(C)c(-c3nc(-c4ccccc4)nc(-c4ccccc4)n3)c(C)c2)c2ccccc21. The molecule has 0 atom stereocenters. The van der Waals surface area contributed by atoms with Crippen LogP contribution >= 0.6 is 0 Å². The van der Waals surface area contributed by atoms with Crippen molar-refractivity contribution in [3.05, 3.63) is 227 Å². The summed E-state index contributed by atoms with van der Waals surface area (Å²) >= 11 is 0. The summed E-state index contributed by atoms with van der Waals surface area (Å²) in [6.45, 7) is 6.57. The molecule has 8 aromatic carbocycles. The van der Waals surface area contributed by atoms with Crippen molar-refractivity contribution >= 4 is 39.0 Å². The van der Waals surface area contributed by atoms with Crippen LogP contribution in [0.1, 0.15) is 38.9 Å². The van der Waals surface area contributed by atoms with E-state index in [0.29, 0.717) is 17.5 Å². The van der Waals surface area contributed by atoms with Crippen LogP contribution < -0.4 is 4.90 Å². The summed E-state index contributed by atoms with van der Waals surface area (Å²) in [6.07, 6.45) is 0. The van der Waals surface area contributed by atoms with Crippen LogP contribution in [0.25, 0.3) is 56.1 Å². The van der Waals surface area contributed by atoms with Crippen molar-refractivity contribution in [2.75, 3.05) is 4.90 Å². The van der Waals surface area contributed by atoms with Crippen LogP contribution in [-0.2, 0) is 5.41 Å². The van der Waals surface area contributed by atoms with Crippen molar-refractivity contribution in [3.63, 3.8) is 0 Å². The number of hydrogen-bond acceptors (Lipinski definition) is 5. The van der Waals surface area contributed by atoms with Gasteiger partial charge in [0.25, 0.3) is 0 Å². The van der Waals surface area contributed by atoms with Crippen LogP contribution in [0.15, 0.2) is 192 Å². The Labute approximate surface area is 349 Å². The van der Waals surface area contributed by atoms with E-state index in [4.69, 9.17) is 19.4 Å². The summed E-state index contributed by atoms with van der Waals surface area (Å²) in [4.78, 5) is 17.6. The Bertz CT molecular complexity index is 3130. The lowest BCUT2D eigenvalue weighted by Crippen LogP contribution is -2.38. The fourth-order valence-corrected chi connectivity index (χ4v) is 9.63. The van der Waals surface area contributed by atoms with E-state index in [2.05, 4.69) is 147 Å². The lowest BCUT2D eigenvalue weighted by molar-refractivity contribution is 0.642. The van der Waals surface area contributed by atoms with Gasteiger partial charge in [-0.3, -0.25) is 0 Å². The number of furan rings is 1. The maximum Gasteiger partial charge on any atom is 0.164 e. The zero-order valence-electron chi connectivity index (χ0n) is 33.6. The molecule has 5 nitrogen and oxygen atoms in total. The van der Waals surface area contributed by atoms with Gasteiger partial charge in [-0.2, -0.15) is 0 Å². The highest BCUT2D eigenvalue weighted by Gasteiger charge is 2.48. The maximum absolute atomic E-state index is 6.89. The molecule has 60 heavy (non-hydrogen) atoms. The Balaban J connectivity index is 1.15. The molecule has 286 valence electrons. The number of hydrogen-bond donors (Lipinski definition) is 0. The summed E-state index contributed by atoms with van der Waals surface area (Å²) in [5.74, 6) is 1.95. The van der Waals surface area contributed by atoms with Crippen LogP contribution in [0, 0.1) is 20.8 Å². The molecular weight excluding hydrogens is 733 g/mol. The van der Waals surface area contributed by atoms with Gasteiger partial charge >= 0.3 is 0 Å². The number of nitrogens with zero attached hydrogens (tertiary/aromatic N) is 4. The smallest absolute Gasteiger partial charge is 0.164 e. The maximum atomic E-state index is 6.89. The Morgan fingerprint density at radius 3 is 1.52 bits per heavy atom. The Morgan fingerprint density at radius 1 is 0.417 bits per heavy atom. The van der Waals surface area contributed by atoms with Gasteiger partial charge in [0.15, 0.2) is 17.5 Å². The molecule has 11 rings (SSSR count). The van der Waals surface area contributed by atoms with E-state index < -0.39 is 5.41 Å². The zero-order chi connectivity index (χ0) is 40.4. The van der Waals surface area contributed by atoms with Gasteiger partial charge in [0.2, 0.25) is 0 Å². The van der Waals surface area contributed by atoms with E-state index in [0.717, 1.165) is 72.4 Å². The first-order chi connectivity index (χ1) is 29.5. The highest BCUT2D eigenvalue weighted by molar-refractivity contribution is 6.07. The molecule has 0 saturated heterocycles. The average Bonchev–Trinajstić information content (AvgIpc) is 3.68. The standard InChI is InChI=1S/C55H40N4O/c1-35-19-10-12-26-43(35)55(46-29-18-25-42-41-24-11-17-32-49(41)60-51(42)46)44-27-13-15-30-47(44)59(48-31-16-14-28-45(48)55)40-33-36(2)50(37(3)34-40)54-57-52(38-20-6-4-7-21-38)56-53(58-54)39-22-8-5-9-23-39/h4-34H,1-3H3. The number of aryl methyl sites for hydroxylation is 3. The van der Waals surface area contributed by atoms with Crippen LogP contribution in [0.4, 0.5) is 17.1 Å². The number of anilines is 3. The Kier molecular flexibility index (Phi) is 8.31. The molecule has 10 aromatic rings. The van der Waals surface area contributed by atoms with Gasteiger partial charge in [0.05, 0.1) is 16.8 Å². The van der Waals surface area contributed by atoms with E-state index >= 15 is 0 Å². The molecule has 0 fully saturated rings. The molecule has 0 N–H and O–H groups in total. The quantitative estimate of drug-likeness (QED) is 0.168. The summed E-state index contributed by atoms with van der Waals surface area (Å²) in [5.41, 5.74) is 15.3. The predicted octanol–water partition coefficient (Wildman–Crippen LogP) is 13.9. The second-order valence-electron chi connectivity index (χ2n) is 15.7. The summed E-state index contributed by atoms with van der Waals surface area (Å²) in [5, 5.41) is 2.23. The van der Waals surface area contributed by atoms with Crippen LogP contribution in [0.5, 0.6) is 0 Å².